The summed E-state index contributed by atoms with van der Waals surface area (Å²) in [7, 11) is -5.15. The van der Waals surface area contributed by atoms with Gasteiger partial charge in [0.1, 0.15) is 61.5 Å². The maximum absolute atomic E-state index is 10.9. The molecule has 12 nitrogen and oxygen atoms in total. The smallest absolute Gasteiger partial charge is 0.394 e. The van der Waals surface area contributed by atoms with Crippen LogP contribution in [0.5, 0.6) is 0 Å². The molecule has 0 spiro atoms. The summed E-state index contributed by atoms with van der Waals surface area (Å²) in [4.78, 5) is 0. The number of hydrogen-bond donors (Lipinski definition) is 9. The topological polar surface area (TPSA) is 225 Å². The lowest BCUT2D eigenvalue weighted by Crippen LogP contribution is -2.49. The molecule has 0 amide bonds. The minimum atomic E-state index is -5.15. The Bertz CT molecular complexity index is 527. The summed E-state index contributed by atoms with van der Waals surface area (Å²) < 4.78 is 34.8. The Morgan fingerprint density at radius 1 is 1.04 bits per heavy atom. The van der Waals surface area contributed by atoms with Gasteiger partial charge in [0.05, 0.1) is 13.2 Å². The Hall–Kier alpha value is -0.580. The van der Waals surface area contributed by atoms with E-state index in [4.69, 9.17) is 14.8 Å². The molecule has 1 saturated carbocycles. The van der Waals surface area contributed by atoms with E-state index in [1.165, 1.54) is 0 Å². The first kappa shape index (κ1) is 23.5. The Morgan fingerprint density at radius 2 is 1.62 bits per heavy atom. The summed E-state index contributed by atoms with van der Waals surface area (Å²) in [5, 5.41) is 76.8. The van der Waals surface area contributed by atoms with Crippen molar-refractivity contribution >= 4 is 10.4 Å². The predicted molar refractivity (Wildman–Crippen MR) is 82.6 cm³/mol. The van der Waals surface area contributed by atoms with Gasteiger partial charge in [0, 0.05) is 0 Å². The molecule has 0 unspecified atom stereocenters. The summed E-state index contributed by atoms with van der Waals surface area (Å²) >= 11 is 0. The molecule has 0 aromatic carbocycles. The highest BCUT2D eigenvalue weighted by molar-refractivity contribution is 7.80. The second-order valence-corrected chi connectivity index (χ2v) is 7.24. The van der Waals surface area contributed by atoms with Gasteiger partial charge in [-0.3, -0.25) is 4.55 Å². The lowest BCUT2D eigenvalue weighted by Gasteiger charge is -2.28. The third-order valence-electron chi connectivity index (χ3n) is 4.31. The zero-order valence-corrected chi connectivity index (χ0v) is 14.4. The Labute approximate surface area is 149 Å². The molecule has 0 bridgehead atoms. The fourth-order valence-electron chi connectivity index (χ4n) is 3.04. The summed E-state index contributed by atoms with van der Waals surface area (Å²) in [6.07, 6.45) is -12.9. The third-order valence-corrected chi connectivity index (χ3v) is 4.77. The van der Waals surface area contributed by atoms with Crippen molar-refractivity contribution in [2.75, 3.05) is 13.2 Å². The van der Waals surface area contributed by atoms with Gasteiger partial charge < -0.3 is 40.9 Å². The molecule has 26 heavy (non-hydrogen) atoms. The van der Waals surface area contributed by atoms with Crippen molar-refractivity contribution in [3.8, 4) is 0 Å². The molecule has 154 valence electrons. The van der Waals surface area contributed by atoms with Crippen LogP contribution in [0.15, 0.2) is 0 Å². The molecule has 1 aliphatic carbocycles. The highest BCUT2D eigenvalue weighted by Crippen LogP contribution is 2.40. The molecule has 8 atom stereocenters. The Balaban J connectivity index is 2.98. The first-order chi connectivity index (χ1) is 11.9. The van der Waals surface area contributed by atoms with Gasteiger partial charge in [0.2, 0.25) is 0 Å². The van der Waals surface area contributed by atoms with Crippen LogP contribution in [0.3, 0.4) is 0 Å². The molecule has 13 heteroatoms. The van der Waals surface area contributed by atoms with E-state index in [9.17, 15) is 39.1 Å². The van der Waals surface area contributed by atoms with Crippen LogP contribution >= 0.6 is 0 Å². The van der Waals surface area contributed by atoms with Gasteiger partial charge in [0.25, 0.3) is 0 Å². The number of hydrogen-bond acceptors (Lipinski definition) is 11. The molecule has 1 fully saturated rings. The van der Waals surface area contributed by atoms with Crippen LogP contribution in [0, 0.1) is 11.8 Å². The highest BCUT2D eigenvalue weighted by atomic mass is 32.3. The van der Waals surface area contributed by atoms with E-state index in [0.29, 0.717) is 0 Å². The minimum absolute atomic E-state index is 0.147. The van der Waals surface area contributed by atoms with Gasteiger partial charge in [-0.1, -0.05) is 0 Å². The van der Waals surface area contributed by atoms with Crippen LogP contribution in [-0.4, -0.2) is 110 Å². The van der Waals surface area contributed by atoms with E-state index in [1.807, 2.05) is 0 Å². The second-order valence-electron chi connectivity index (χ2n) is 6.20. The van der Waals surface area contributed by atoms with E-state index in [1.54, 1.807) is 0 Å². The maximum atomic E-state index is 10.9. The van der Waals surface area contributed by atoms with E-state index in [0.717, 1.165) is 0 Å². The van der Waals surface area contributed by atoms with Crippen molar-refractivity contribution in [1.29, 1.82) is 0 Å². The fourth-order valence-corrected chi connectivity index (χ4v) is 3.56. The molecule has 1 aliphatic rings. The standard InChI is InChI=1S/C13H24O12S/c14-3-8(18)10-5(1-6(16)11(10)20)2-7(17)13(25-26(22,23)24)12(21)9(19)4-15/h6-21H,1-4H2/p+1/t6-,7+,8+,9-,10+,11-,12-,13-/m1/s1. The lowest BCUT2D eigenvalue weighted by atomic mass is 9.84. The van der Waals surface area contributed by atoms with Crippen molar-refractivity contribution in [2.24, 2.45) is 5.92 Å². The van der Waals surface area contributed by atoms with Gasteiger partial charge in [-0.2, -0.15) is 8.42 Å². The van der Waals surface area contributed by atoms with Crippen molar-refractivity contribution in [3.63, 3.8) is 0 Å². The minimum Gasteiger partial charge on any atom is -0.394 e. The van der Waals surface area contributed by atoms with Crippen LogP contribution in [0.1, 0.15) is 12.8 Å². The zero-order chi connectivity index (χ0) is 20.2. The van der Waals surface area contributed by atoms with Crippen molar-refractivity contribution in [3.05, 3.63) is 5.92 Å². The predicted octanol–water partition coefficient (Wildman–Crippen LogP) is -4.69. The van der Waals surface area contributed by atoms with E-state index < -0.39 is 78.7 Å². The second kappa shape index (κ2) is 9.57. The van der Waals surface area contributed by atoms with Crippen molar-refractivity contribution < 1.29 is 58.0 Å². The molecule has 1 rings (SSSR count). The van der Waals surface area contributed by atoms with E-state index in [2.05, 4.69) is 4.18 Å². The zero-order valence-electron chi connectivity index (χ0n) is 13.6. The first-order valence-electron chi connectivity index (χ1n) is 7.73. The van der Waals surface area contributed by atoms with Crippen LogP contribution < -0.4 is 0 Å². The van der Waals surface area contributed by atoms with Gasteiger partial charge in [-0.15, -0.1) is 0 Å². The molecule has 0 aromatic rings. The summed E-state index contributed by atoms with van der Waals surface area (Å²) in [5.74, 6) is -0.996. The van der Waals surface area contributed by atoms with Gasteiger partial charge in [-0.05, 0) is 0 Å². The molecular formula is C13H25O12S+. The largest absolute Gasteiger partial charge is 0.397 e. The normalized spacial score (nSPS) is 30.0. The summed E-state index contributed by atoms with van der Waals surface area (Å²) in [6, 6.07) is 0. The molecule has 0 heterocycles. The molecule has 0 saturated heterocycles. The molecular weight excluding hydrogens is 380 g/mol. The van der Waals surface area contributed by atoms with Crippen LogP contribution in [0.25, 0.3) is 0 Å². The van der Waals surface area contributed by atoms with Crippen LogP contribution in [-0.2, 0) is 14.6 Å². The highest BCUT2D eigenvalue weighted by Gasteiger charge is 2.55. The molecule has 0 radical (unpaired) electrons. The SMILES string of the molecule is O=S(=O)(O)O[C@@H]([C@H](O)[C@H](O)CO)[C@@H](O)C[C+]1C[C@@H](O)[C@@H](O)[C@@H]1[C@@H](O)CO. The van der Waals surface area contributed by atoms with Crippen molar-refractivity contribution in [2.45, 2.75) is 55.6 Å². The monoisotopic (exact) mass is 405 g/mol. The average molecular weight is 405 g/mol. The third kappa shape index (κ3) is 5.97. The van der Waals surface area contributed by atoms with Gasteiger partial charge in [-0.25, -0.2) is 4.18 Å². The van der Waals surface area contributed by atoms with E-state index in [-0.39, 0.29) is 12.3 Å². The van der Waals surface area contributed by atoms with Gasteiger partial charge in [0.15, 0.2) is 5.92 Å². The quantitative estimate of drug-likeness (QED) is 0.123. The maximum Gasteiger partial charge on any atom is 0.397 e. The lowest BCUT2D eigenvalue weighted by molar-refractivity contribution is -0.107. The fraction of sp³-hybridized carbons (Fsp3) is 0.923. The molecule has 0 aromatic heterocycles. The van der Waals surface area contributed by atoms with E-state index >= 15 is 0 Å². The average Bonchev–Trinajstić information content (AvgIpc) is 2.83. The molecule has 0 aliphatic heterocycles. The number of aliphatic hydroxyl groups excluding tert-OH is 8. The van der Waals surface area contributed by atoms with Crippen LogP contribution in [0.2, 0.25) is 0 Å². The van der Waals surface area contributed by atoms with Crippen molar-refractivity contribution in [1.82, 2.24) is 0 Å². The number of aliphatic hydroxyl groups is 8. The van der Waals surface area contributed by atoms with Gasteiger partial charge >= 0.3 is 10.4 Å². The van der Waals surface area contributed by atoms with Crippen LogP contribution in [0.4, 0.5) is 0 Å². The summed E-state index contributed by atoms with van der Waals surface area (Å²) in [5.41, 5.74) is 0. The molecule has 9 N–H and O–H groups in total. The number of rotatable bonds is 10. The Morgan fingerprint density at radius 3 is 2.08 bits per heavy atom. The first-order valence-corrected chi connectivity index (χ1v) is 9.09. The Kier molecular flexibility index (Phi) is 8.63. The summed E-state index contributed by atoms with van der Waals surface area (Å²) in [6.45, 7) is -1.76.